The number of imide groups is 2. The molecule has 182 valence electrons. The number of para-hydroxylation sites is 2. The fourth-order valence-electron chi connectivity index (χ4n) is 4.04. The van der Waals surface area contributed by atoms with Crippen molar-refractivity contribution in [1.29, 1.82) is 0 Å². The van der Waals surface area contributed by atoms with Gasteiger partial charge in [-0.3, -0.25) is 9.59 Å². The Balaban J connectivity index is 1.88. The molecule has 0 N–H and O–H groups in total. The van der Waals surface area contributed by atoms with Crippen LogP contribution >= 0.6 is 0 Å². The lowest BCUT2D eigenvalue weighted by molar-refractivity contribution is -0.121. The third kappa shape index (κ3) is 4.63. The Labute approximate surface area is 209 Å². The molecule has 4 rings (SSSR count). The molecule has 7 heteroatoms. The molecule has 1 aliphatic heterocycles. The van der Waals surface area contributed by atoms with E-state index in [0.29, 0.717) is 41.5 Å². The van der Waals surface area contributed by atoms with Gasteiger partial charge < -0.3 is 9.47 Å². The van der Waals surface area contributed by atoms with Crippen LogP contribution in [-0.2, 0) is 16.0 Å². The van der Waals surface area contributed by atoms with Gasteiger partial charge in [0, 0.05) is 5.56 Å². The van der Waals surface area contributed by atoms with E-state index in [2.05, 4.69) is 6.58 Å². The molecule has 1 fully saturated rings. The second-order valence-electron chi connectivity index (χ2n) is 7.93. The van der Waals surface area contributed by atoms with Gasteiger partial charge in [-0.15, -0.1) is 6.58 Å². The zero-order valence-electron chi connectivity index (χ0n) is 20.1. The Morgan fingerprint density at radius 3 is 1.89 bits per heavy atom. The predicted octanol–water partition coefficient (Wildman–Crippen LogP) is 5.41. The summed E-state index contributed by atoms with van der Waals surface area (Å²) in [6.07, 6.45) is 3.71. The number of benzene rings is 3. The third-order valence-electron chi connectivity index (χ3n) is 5.62. The summed E-state index contributed by atoms with van der Waals surface area (Å²) in [4.78, 5) is 42.6. The minimum atomic E-state index is -0.740. The Morgan fingerprint density at radius 2 is 1.42 bits per heavy atom. The molecule has 1 aliphatic rings. The fraction of sp³-hybridized carbons (Fsp3) is 0.138. The first-order chi connectivity index (χ1) is 17.5. The molecular weight excluding hydrogens is 456 g/mol. The van der Waals surface area contributed by atoms with E-state index in [-0.39, 0.29) is 5.57 Å². The van der Waals surface area contributed by atoms with Gasteiger partial charge >= 0.3 is 6.03 Å². The number of allylic oxidation sites excluding steroid dienone is 1. The first kappa shape index (κ1) is 24.5. The van der Waals surface area contributed by atoms with Gasteiger partial charge in [0.1, 0.15) is 5.57 Å². The highest BCUT2D eigenvalue weighted by Gasteiger charge is 2.43. The van der Waals surface area contributed by atoms with Crippen LogP contribution in [0.15, 0.2) is 91.0 Å². The molecule has 7 nitrogen and oxygen atoms in total. The maximum atomic E-state index is 13.6. The SMILES string of the molecule is C=CCc1cc(C=C2C(=O)N(c3ccccc3)C(=O)N(c3ccccc3)C2=O)cc(OC)c1OCC. The number of urea groups is 1. The van der Waals surface area contributed by atoms with Gasteiger partial charge in [0.15, 0.2) is 11.5 Å². The van der Waals surface area contributed by atoms with Gasteiger partial charge in [-0.1, -0.05) is 42.5 Å². The number of carbonyl (C=O) groups excluding carboxylic acids is 3. The highest BCUT2D eigenvalue weighted by Crippen LogP contribution is 2.35. The molecule has 0 bridgehead atoms. The molecular formula is C29H26N2O5. The molecule has 0 unspecified atom stereocenters. The molecule has 0 spiro atoms. The van der Waals surface area contributed by atoms with E-state index in [1.165, 1.54) is 13.2 Å². The molecule has 0 saturated carbocycles. The highest BCUT2D eigenvalue weighted by atomic mass is 16.5. The van der Waals surface area contributed by atoms with Crippen LogP contribution in [0.25, 0.3) is 6.08 Å². The summed E-state index contributed by atoms with van der Waals surface area (Å²) in [5, 5.41) is 0. The number of anilines is 2. The molecule has 0 radical (unpaired) electrons. The molecule has 3 aromatic rings. The minimum Gasteiger partial charge on any atom is -0.493 e. The number of carbonyl (C=O) groups is 3. The van der Waals surface area contributed by atoms with Gasteiger partial charge in [0.05, 0.1) is 25.1 Å². The normalized spacial score (nSPS) is 13.6. The summed E-state index contributed by atoms with van der Waals surface area (Å²) in [5.74, 6) is -0.368. The number of amides is 4. The van der Waals surface area contributed by atoms with E-state index in [1.807, 2.05) is 13.0 Å². The molecule has 0 aromatic heterocycles. The summed E-state index contributed by atoms with van der Waals surface area (Å²) < 4.78 is 11.3. The highest BCUT2D eigenvalue weighted by molar-refractivity contribution is 6.46. The van der Waals surface area contributed by atoms with Gasteiger partial charge in [0.25, 0.3) is 11.8 Å². The van der Waals surface area contributed by atoms with Crippen LogP contribution in [0.4, 0.5) is 16.2 Å². The summed E-state index contributed by atoms with van der Waals surface area (Å²) in [6, 6.07) is 19.8. The summed E-state index contributed by atoms with van der Waals surface area (Å²) in [7, 11) is 1.52. The molecule has 3 aromatic carbocycles. The van der Waals surface area contributed by atoms with Gasteiger partial charge in [-0.2, -0.15) is 0 Å². The van der Waals surface area contributed by atoms with E-state index < -0.39 is 17.8 Å². The maximum Gasteiger partial charge on any atom is 0.343 e. The summed E-state index contributed by atoms with van der Waals surface area (Å²) >= 11 is 0. The van der Waals surface area contributed by atoms with Crippen molar-refractivity contribution in [3.63, 3.8) is 0 Å². The van der Waals surface area contributed by atoms with Crippen LogP contribution in [-0.4, -0.2) is 31.6 Å². The first-order valence-corrected chi connectivity index (χ1v) is 11.5. The van der Waals surface area contributed by atoms with E-state index in [0.717, 1.165) is 15.4 Å². The summed E-state index contributed by atoms with van der Waals surface area (Å²) in [5.41, 5.74) is 1.92. The Kier molecular flexibility index (Phi) is 7.30. The Hall–Kier alpha value is -4.65. The second-order valence-corrected chi connectivity index (χ2v) is 7.93. The number of methoxy groups -OCH3 is 1. The average Bonchev–Trinajstić information content (AvgIpc) is 2.89. The van der Waals surface area contributed by atoms with Crippen LogP contribution < -0.4 is 19.3 Å². The van der Waals surface area contributed by atoms with Gasteiger partial charge in [0.2, 0.25) is 0 Å². The minimum absolute atomic E-state index is 0.155. The van der Waals surface area contributed by atoms with Crippen molar-refractivity contribution >= 4 is 35.3 Å². The first-order valence-electron chi connectivity index (χ1n) is 11.5. The second kappa shape index (κ2) is 10.7. The zero-order chi connectivity index (χ0) is 25.7. The van der Waals surface area contributed by atoms with Gasteiger partial charge in [-0.05, 0) is 61.4 Å². The average molecular weight is 483 g/mol. The van der Waals surface area contributed by atoms with Crippen molar-refractivity contribution in [2.45, 2.75) is 13.3 Å². The fourth-order valence-corrected chi connectivity index (χ4v) is 4.04. The van der Waals surface area contributed by atoms with E-state index in [4.69, 9.17) is 9.47 Å². The van der Waals surface area contributed by atoms with Crippen molar-refractivity contribution in [3.8, 4) is 11.5 Å². The third-order valence-corrected chi connectivity index (χ3v) is 5.62. The maximum absolute atomic E-state index is 13.6. The molecule has 0 atom stereocenters. The van der Waals surface area contributed by atoms with Crippen molar-refractivity contribution in [1.82, 2.24) is 0 Å². The van der Waals surface area contributed by atoms with Crippen molar-refractivity contribution in [2.24, 2.45) is 0 Å². The van der Waals surface area contributed by atoms with Crippen molar-refractivity contribution in [3.05, 3.63) is 102 Å². The Bertz CT molecular complexity index is 1270. The van der Waals surface area contributed by atoms with Crippen LogP contribution in [0.5, 0.6) is 11.5 Å². The van der Waals surface area contributed by atoms with Crippen molar-refractivity contribution in [2.75, 3.05) is 23.5 Å². The Morgan fingerprint density at radius 1 is 0.861 bits per heavy atom. The van der Waals surface area contributed by atoms with Gasteiger partial charge in [-0.25, -0.2) is 14.6 Å². The molecule has 0 aliphatic carbocycles. The quantitative estimate of drug-likeness (QED) is 0.244. The molecule has 1 heterocycles. The smallest absolute Gasteiger partial charge is 0.343 e. The zero-order valence-corrected chi connectivity index (χ0v) is 20.1. The number of hydrogen-bond acceptors (Lipinski definition) is 5. The topological polar surface area (TPSA) is 76.2 Å². The predicted molar refractivity (Wildman–Crippen MR) is 139 cm³/mol. The van der Waals surface area contributed by atoms with Crippen LogP contribution in [0.3, 0.4) is 0 Å². The van der Waals surface area contributed by atoms with Crippen LogP contribution in [0.1, 0.15) is 18.1 Å². The molecule has 36 heavy (non-hydrogen) atoms. The van der Waals surface area contributed by atoms with E-state index in [1.54, 1.807) is 72.8 Å². The number of rotatable bonds is 8. The van der Waals surface area contributed by atoms with Crippen molar-refractivity contribution < 1.29 is 23.9 Å². The number of hydrogen-bond donors (Lipinski definition) is 0. The number of ether oxygens (including phenoxy) is 2. The van der Waals surface area contributed by atoms with Crippen LogP contribution in [0.2, 0.25) is 0 Å². The monoisotopic (exact) mass is 482 g/mol. The lowest BCUT2D eigenvalue weighted by Gasteiger charge is -2.34. The standard InChI is InChI=1S/C29H26N2O5/c1-4-12-21-17-20(19-25(35-3)26(21)36-5-2)18-24-27(32)30(22-13-8-6-9-14-22)29(34)31(28(24)33)23-15-10-7-11-16-23/h4,6-11,13-19H,1,5,12H2,2-3H3. The lowest BCUT2D eigenvalue weighted by atomic mass is 10.0. The number of barbiturate groups is 1. The largest absolute Gasteiger partial charge is 0.493 e. The van der Waals surface area contributed by atoms with E-state index in [9.17, 15) is 14.4 Å². The van der Waals surface area contributed by atoms with E-state index >= 15 is 0 Å². The van der Waals surface area contributed by atoms with Crippen LogP contribution in [0, 0.1) is 0 Å². The summed E-state index contributed by atoms with van der Waals surface area (Å²) in [6.45, 7) is 6.12. The lowest BCUT2D eigenvalue weighted by Crippen LogP contribution is -2.57. The number of nitrogens with zero attached hydrogens (tertiary/aromatic N) is 2. The molecule has 4 amide bonds. The molecule has 1 saturated heterocycles.